The first kappa shape index (κ1) is 18.0. The molecule has 0 amide bonds. The number of methoxy groups -OCH3 is 1. The van der Waals surface area contributed by atoms with E-state index in [9.17, 15) is 4.79 Å². The maximum absolute atomic E-state index is 12.1. The molecule has 1 saturated heterocycles. The van der Waals surface area contributed by atoms with Gasteiger partial charge in [0.25, 0.3) is 5.56 Å². The van der Waals surface area contributed by atoms with Crippen LogP contribution < -0.4 is 15.2 Å². The first-order valence-electron chi connectivity index (χ1n) is 9.04. The fraction of sp³-hybridized carbons (Fsp3) is 0.250. The molecule has 0 radical (unpaired) electrons. The molecule has 0 atom stereocenters. The monoisotopic (exact) mass is 379 g/mol. The van der Waals surface area contributed by atoms with Crippen LogP contribution in [0.2, 0.25) is 0 Å². The average Bonchev–Trinajstić information content (AvgIpc) is 3.13. The number of aromatic nitrogens is 2. The van der Waals surface area contributed by atoms with Crippen LogP contribution in [0.15, 0.2) is 63.6 Å². The summed E-state index contributed by atoms with van der Waals surface area (Å²) in [5, 5.41) is 13.8. The number of H-pyrrole nitrogens is 2. The summed E-state index contributed by atoms with van der Waals surface area (Å²) in [5.74, 6) is 0.741. The highest BCUT2D eigenvalue weighted by molar-refractivity contribution is 5.71. The van der Waals surface area contributed by atoms with E-state index in [0.717, 1.165) is 43.3 Å². The van der Waals surface area contributed by atoms with Gasteiger partial charge in [0.15, 0.2) is 5.69 Å². The Balaban J connectivity index is 1.54. The minimum atomic E-state index is -0.320. The SMILES string of the molecule is COc1ccc(-c2[nH][nH]c(=O)c2N=Nc2ccc(N3CCOCC3)cc2)cc1. The Morgan fingerprint density at radius 3 is 2.36 bits per heavy atom. The summed E-state index contributed by atoms with van der Waals surface area (Å²) in [7, 11) is 1.61. The van der Waals surface area contributed by atoms with Gasteiger partial charge in [-0.25, -0.2) is 0 Å². The maximum atomic E-state index is 12.1. The lowest BCUT2D eigenvalue weighted by Crippen LogP contribution is -2.36. The van der Waals surface area contributed by atoms with Gasteiger partial charge in [0, 0.05) is 24.3 Å². The molecule has 144 valence electrons. The summed E-state index contributed by atoms with van der Waals surface area (Å²) in [6.45, 7) is 3.24. The minimum Gasteiger partial charge on any atom is -0.497 e. The first-order valence-corrected chi connectivity index (χ1v) is 9.04. The van der Waals surface area contributed by atoms with E-state index in [4.69, 9.17) is 9.47 Å². The van der Waals surface area contributed by atoms with E-state index in [1.807, 2.05) is 48.5 Å². The van der Waals surface area contributed by atoms with Crippen molar-refractivity contribution in [2.75, 3.05) is 38.3 Å². The number of ether oxygens (including phenoxy) is 2. The first-order chi connectivity index (χ1) is 13.7. The molecule has 8 heteroatoms. The van der Waals surface area contributed by atoms with E-state index < -0.39 is 0 Å². The summed E-state index contributed by atoms with van der Waals surface area (Å²) >= 11 is 0. The van der Waals surface area contributed by atoms with E-state index in [-0.39, 0.29) is 11.2 Å². The molecule has 1 fully saturated rings. The van der Waals surface area contributed by atoms with E-state index in [1.54, 1.807) is 7.11 Å². The third kappa shape index (κ3) is 3.81. The number of nitrogens with zero attached hydrogens (tertiary/aromatic N) is 3. The molecule has 0 saturated carbocycles. The van der Waals surface area contributed by atoms with Gasteiger partial charge in [0.05, 0.1) is 31.7 Å². The predicted octanol–water partition coefficient (Wildman–Crippen LogP) is 3.63. The van der Waals surface area contributed by atoms with Crippen LogP contribution in [0.1, 0.15) is 0 Å². The number of hydrogen-bond acceptors (Lipinski definition) is 6. The number of azo groups is 1. The largest absolute Gasteiger partial charge is 0.497 e. The average molecular weight is 379 g/mol. The zero-order valence-corrected chi connectivity index (χ0v) is 15.5. The molecule has 8 nitrogen and oxygen atoms in total. The maximum Gasteiger partial charge on any atom is 0.292 e. The second kappa shape index (κ2) is 8.10. The summed E-state index contributed by atoms with van der Waals surface area (Å²) in [6.07, 6.45) is 0. The lowest BCUT2D eigenvalue weighted by molar-refractivity contribution is 0.122. The quantitative estimate of drug-likeness (QED) is 0.662. The highest BCUT2D eigenvalue weighted by atomic mass is 16.5. The molecule has 4 rings (SSSR count). The Labute approximate surface area is 161 Å². The van der Waals surface area contributed by atoms with Gasteiger partial charge in [-0.2, -0.15) is 5.11 Å². The van der Waals surface area contributed by atoms with Gasteiger partial charge in [-0.1, -0.05) is 0 Å². The van der Waals surface area contributed by atoms with Crippen molar-refractivity contribution in [2.24, 2.45) is 10.2 Å². The Kier molecular flexibility index (Phi) is 5.20. The van der Waals surface area contributed by atoms with Gasteiger partial charge in [0.2, 0.25) is 0 Å². The molecule has 2 aromatic carbocycles. The van der Waals surface area contributed by atoms with Gasteiger partial charge in [0.1, 0.15) is 5.75 Å². The molecule has 0 bridgehead atoms. The molecular weight excluding hydrogens is 358 g/mol. The van der Waals surface area contributed by atoms with Crippen LogP contribution in [-0.4, -0.2) is 43.6 Å². The summed E-state index contributed by atoms with van der Waals surface area (Å²) in [6, 6.07) is 15.2. The molecule has 2 heterocycles. The molecule has 0 aliphatic carbocycles. The van der Waals surface area contributed by atoms with E-state index in [1.165, 1.54) is 0 Å². The number of aromatic amines is 2. The fourth-order valence-corrected chi connectivity index (χ4v) is 3.07. The van der Waals surface area contributed by atoms with Crippen LogP contribution in [0.4, 0.5) is 17.1 Å². The van der Waals surface area contributed by atoms with Gasteiger partial charge in [-0.3, -0.25) is 15.0 Å². The lowest BCUT2D eigenvalue weighted by atomic mass is 10.1. The zero-order chi connectivity index (χ0) is 19.3. The fourth-order valence-electron chi connectivity index (χ4n) is 3.07. The summed E-state index contributed by atoms with van der Waals surface area (Å²) < 4.78 is 10.5. The molecule has 1 aliphatic heterocycles. The number of morpholine rings is 1. The van der Waals surface area contributed by atoms with Gasteiger partial charge < -0.3 is 14.4 Å². The third-order valence-electron chi connectivity index (χ3n) is 4.62. The number of anilines is 1. The third-order valence-corrected chi connectivity index (χ3v) is 4.62. The van der Waals surface area contributed by atoms with Crippen LogP contribution in [0, 0.1) is 0 Å². The summed E-state index contributed by atoms with van der Waals surface area (Å²) in [4.78, 5) is 14.4. The molecule has 1 aromatic heterocycles. The van der Waals surface area contributed by atoms with Gasteiger partial charge in [-0.15, -0.1) is 5.11 Å². The number of nitrogens with one attached hydrogen (secondary N) is 2. The summed E-state index contributed by atoms with van der Waals surface area (Å²) in [5.41, 5.74) is 3.12. The molecular formula is C20H21N5O3. The van der Waals surface area contributed by atoms with Crippen LogP contribution in [-0.2, 0) is 4.74 Å². The molecule has 2 N–H and O–H groups in total. The van der Waals surface area contributed by atoms with Crippen LogP contribution in [0.25, 0.3) is 11.3 Å². The van der Waals surface area contributed by atoms with Crippen LogP contribution in [0.3, 0.4) is 0 Å². The zero-order valence-electron chi connectivity index (χ0n) is 15.5. The normalized spacial score (nSPS) is 14.5. The van der Waals surface area contributed by atoms with E-state index in [0.29, 0.717) is 11.4 Å². The second-order valence-electron chi connectivity index (χ2n) is 6.35. The molecule has 3 aromatic rings. The molecule has 0 unspecified atom stereocenters. The smallest absolute Gasteiger partial charge is 0.292 e. The topological polar surface area (TPSA) is 95.1 Å². The predicted molar refractivity (Wildman–Crippen MR) is 107 cm³/mol. The van der Waals surface area contributed by atoms with Crippen molar-refractivity contribution < 1.29 is 9.47 Å². The van der Waals surface area contributed by atoms with Crippen molar-refractivity contribution in [3.05, 3.63) is 58.9 Å². The number of rotatable bonds is 5. The van der Waals surface area contributed by atoms with E-state index >= 15 is 0 Å². The van der Waals surface area contributed by atoms with Crippen molar-refractivity contribution in [2.45, 2.75) is 0 Å². The Hall–Kier alpha value is -3.39. The lowest BCUT2D eigenvalue weighted by Gasteiger charge is -2.28. The number of benzene rings is 2. The van der Waals surface area contributed by atoms with Crippen molar-refractivity contribution in [3.8, 4) is 17.0 Å². The Morgan fingerprint density at radius 2 is 1.68 bits per heavy atom. The van der Waals surface area contributed by atoms with Gasteiger partial charge >= 0.3 is 0 Å². The highest BCUT2D eigenvalue weighted by Gasteiger charge is 2.13. The molecule has 0 spiro atoms. The standard InChI is InChI=1S/C20H21N5O3/c1-27-17-8-2-14(3-9-17)18-19(20(26)24-22-18)23-21-15-4-6-16(7-5-15)25-10-12-28-13-11-25/h2-9H,10-13H2,1H3,(H2,22,24,26). The van der Waals surface area contributed by atoms with Crippen LogP contribution >= 0.6 is 0 Å². The Morgan fingerprint density at radius 1 is 0.964 bits per heavy atom. The number of hydrogen-bond donors (Lipinski definition) is 2. The molecule has 1 aliphatic rings. The van der Waals surface area contributed by atoms with Gasteiger partial charge in [-0.05, 0) is 48.5 Å². The van der Waals surface area contributed by atoms with Crippen molar-refractivity contribution in [3.63, 3.8) is 0 Å². The second-order valence-corrected chi connectivity index (χ2v) is 6.35. The Bertz CT molecular complexity index is 1000. The van der Waals surface area contributed by atoms with Crippen molar-refractivity contribution in [1.29, 1.82) is 0 Å². The molecule has 28 heavy (non-hydrogen) atoms. The van der Waals surface area contributed by atoms with E-state index in [2.05, 4.69) is 25.3 Å². The van der Waals surface area contributed by atoms with Crippen molar-refractivity contribution >= 4 is 17.1 Å². The van der Waals surface area contributed by atoms with Crippen molar-refractivity contribution in [1.82, 2.24) is 10.2 Å². The minimum absolute atomic E-state index is 0.238. The highest BCUT2D eigenvalue weighted by Crippen LogP contribution is 2.28. The van der Waals surface area contributed by atoms with Crippen LogP contribution in [0.5, 0.6) is 5.75 Å².